The van der Waals surface area contributed by atoms with Crippen molar-refractivity contribution < 1.29 is 18.0 Å². The van der Waals surface area contributed by atoms with Gasteiger partial charge in [-0.3, -0.25) is 4.79 Å². The molecule has 0 aliphatic carbocycles. The van der Waals surface area contributed by atoms with Gasteiger partial charge in [-0.05, 0) is 30.7 Å². The highest BCUT2D eigenvalue weighted by Gasteiger charge is 2.32. The number of imidazole rings is 1. The van der Waals surface area contributed by atoms with E-state index in [0.29, 0.717) is 37.2 Å². The highest BCUT2D eigenvalue weighted by Crippen LogP contribution is 2.33. The van der Waals surface area contributed by atoms with Crippen molar-refractivity contribution in [2.75, 3.05) is 36.8 Å². The first-order chi connectivity index (χ1) is 14.7. The van der Waals surface area contributed by atoms with Gasteiger partial charge in [0.2, 0.25) is 5.91 Å². The normalized spacial score (nSPS) is 15.0. The van der Waals surface area contributed by atoms with Gasteiger partial charge in [0.05, 0.1) is 27.4 Å². The summed E-state index contributed by atoms with van der Waals surface area (Å²) in [5, 5.41) is 0.638. The van der Waals surface area contributed by atoms with E-state index in [-0.39, 0.29) is 16.7 Å². The first-order valence-corrected chi connectivity index (χ1v) is 10.9. The van der Waals surface area contributed by atoms with Crippen molar-refractivity contribution in [2.45, 2.75) is 18.3 Å². The Kier molecular flexibility index (Phi) is 6.02. The minimum absolute atomic E-state index is 0.0206. The molecule has 1 N–H and O–H groups in total. The smallest absolute Gasteiger partial charge is 0.352 e. The van der Waals surface area contributed by atoms with Crippen LogP contribution in [0.3, 0.4) is 0 Å². The molecule has 2 aromatic heterocycles. The number of rotatable bonds is 4. The van der Waals surface area contributed by atoms with Gasteiger partial charge in [-0.1, -0.05) is 29.4 Å². The predicted octanol–water partition coefficient (Wildman–Crippen LogP) is 4.38. The molecule has 1 fully saturated rings. The molecule has 1 aromatic carbocycles. The van der Waals surface area contributed by atoms with Crippen LogP contribution in [-0.2, 0) is 11.0 Å². The van der Waals surface area contributed by atoms with Gasteiger partial charge in [0.15, 0.2) is 5.16 Å². The summed E-state index contributed by atoms with van der Waals surface area (Å²) in [4.78, 5) is 27.7. The molecule has 1 saturated heterocycles. The number of anilines is 1. The van der Waals surface area contributed by atoms with Gasteiger partial charge in [-0.25, -0.2) is 9.97 Å². The summed E-state index contributed by atoms with van der Waals surface area (Å²) in [6.45, 7) is 3.77. The lowest BCUT2D eigenvalue weighted by atomic mass is 10.2. The van der Waals surface area contributed by atoms with E-state index in [4.69, 9.17) is 11.6 Å². The molecule has 11 heteroatoms. The average molecular weight is 470 g/mol. The van der Waals surface area contributed by atoms with Crippen molar-refractivity contribution >= 4 is 46.1 Å². The van der Waals surface area contributed by atoms with Crippen LogP contribution >= 0.6 is 23.4 Å². The Balaban J connectivity index is 1.32. The van der Waals surface area contributed by atoms with Crippen molar-refractivity contribution in [3.63, 3.8) is 0 Å². The van der Waals surface area contributed by atoms with Gasteiger partial charge in [-0.2, -0.15) is 13.2 Å². The molecule has 1 aliphatic heterocycles. The van der Waals surface area contributed by atoms with Crippen LogP contribution in [0, 0.1) is 6.92 Å². The summed E-state index contributed by atoms with van der Waals surface area (Å²) in [6.07, 6.45) is -3.71. The highest BCUT2D eigenvalue weighted by molar-refractivity contribution is 7.99. The van der Waals surface area contributed by atoms with Crippen molar-refractivity contribution in [3.8, 4) is 0 Å². The van der Waals surface area contributed by atoms with Crippen LogP contribution < -0.4 is 4.90 Å². The molecule has 1 amide bonds. The molecule has 0 atom stereocenters. The number of piperazine rings is 1. The maximum absolute atomic E-state index is 12.8. The highest BCUT2D eigenvalue weighted by atomic mass is 35.5. The Labute approximate surface area is 185 Å². The molecular weight excluding hydrogens is 451 g/mol. The second-order valence-corrected chi connectivity index (χ2v) is 8.62. The van der Waals surface area contributed by atoms with Gasteiger partial charge in [-0.15, -0.1) is 0 Å². The molecule has 3 heterocycles. The third-order valence-corrected chi connectivity index (χ3v) is 6.17. The Hall–Kier alpha value is -2.46. The third kappa shape index (κ3) is 4.90. The first kappa shape index (κ1) is 21.8. The predicted molar refractivity (Wildman–Crippen MR) is 115 cm³/mol. The number of aromatic amines is 1. The molecule has 0 spiro atoms. The number of nitrogens with zero attached hydrogens (tertiary/aromatic N) is 4. The lowest BCUT2D eigenvalue weighted by molar-refractivity contribution is -0.137. The van der Waals surface area contributed by atoms with Crippen LogP contribution in [0.2, 0.25) is 5.02 Å². The number of halogens is 4. The number of aromatic nitrogens is 3. The summed E-state index contributed by atoms with van der Waals surface area (Å²) in [7, 11) is 0. The largest absolute Gasteiger partial charge is 0.417 e. The monoisotopic (exact) mass is 469 g/mol. The average Bonchev–Trinajstić information content (AvgIpc) is 3.13. The number of aryl methyl sites for hydroxylation is 1. The maximum Gasteiger partial charge on any atom is 0.417 e. The van der Waals surface area contributed by atoms with Crippen molar-refractivity contribution in [1.29, 1.82) is 0 Å². The van der Waals surface area contributed by atoms with E-state index >= 15 is 0 Å². The van der Waals surface area contributed by atoms with Crippen LogP contribution in [0.4, 0.5) is 19.0 Å². The third-order valence-electron chi connectivity index (χ3n) is 5.03. The van der Waals surface area contributed by atoms with E-state index in [2.05, 4.69) is 15.0 Å². The number of hydrogen-bond acceptors (Lipinski definition) is 5. The lowest BCUT2D eigenvalue weighted by Gasteiger charge is -2.35. The van der Waals surface area contributed by atoms with Crippen molar-refractivity contribution in [1.82, 2.24) is 19.9 Å². The van der Waals surface area contributed by atoms with Gasteiger partial charge in [0, 0.05) is 32.4 Å². The second kappa shape index (κ2) is 8.58. The molecular formula is C20H19ClF3N5OS. The van der Waals surface area contributed by atoms with E-state index in [9.17, 15) is 18.0 Å². The van der Waals surface area contributed by atoms with Gasteiger partial charge < -0.3 is 14.8 Å². The number of fused-ring (bicyclic) bond motifs is 1. The summed E-state index contributed by atoms with van der Waals surface area (Å²) in [5.41, 5.74) is 2.04. The minimum Gasteiger partial charge on any atom is -0.352 e. The van der Waals surface area contributed by atoms with Crippen LogP contribution in [-0.4, -0.2) is 57.7 Å². The molecule has 1 aliphatic rings. The number of carbonyl (C=O) groups is 1. The Morgan fingerprint density at radius 1 is 1.23 bits per heavy atom. The van der Waals surface area contributed by atoms with E-state index < -0.39 is 11.7 Å². The summed E-state index contributed by atoms with van der Waals surface area (Å²) < 4.78 is 38.4. The topological polar surface area (TPSA) is 65.1 Å². The fourth-order valence-electron chi connectivity index (χ4n) is 3.38. The summed E-state index contributed by atoms with van der Waals surface area (Å²) in [6, 6.07) is 6.81. The van der Waals surface area contributed by atoms with E-state index in [1.54, 1.807) is 9.80 Å². The minimum atomic E-state index is -4.49. The molecule has 0 saturated carbocycles. The number of hydrogen-bond donors (Lipinski definition) is 1. The zero-order chi connectivity index (χ0) is 22.2. The fraction of sp³-hybridized carbons (Fsp3) is 0.350. The van der Waals surface area contributed by atoms with Crippen LogP contribution in [0.25, 0.3) is 11.0 Å². The van der Waals surface area contributed by atoms with Crippen molar-refractivity contribution in [3.05, 3.63) is 46.6 Å². The number of thioether (sulfide) groups is 1. The zero-order valence-corrected chi connectivity index (χ0v) is 18.1. The molecule has 31 heavy (non-hydrogen) atoms. The molecule has 0 radical (unpaired) electrons. The Morgan fingerprint density at radius 2 is 1.97 bits per heavy atom. The Morgan fingerprint density at radius 3 is 2.65 bits per heavy atom. The zero-order valence-electron chi connectivity index (χ0n) is 16.5. The summed E-state index contributed by atoms with van der Waals surface area (Å²) >= 11 is 7.38. The number of carbonyl (C=O) groups excluding carboxylic acids is 1. The second-order valence-electron chi connectivity index (χ2n) is 7.25. The van der Waals surface area contributed by atoms with Gasteiger partial charge >= 0.3 is 6.18 Å². The lowest BCUT2D eigenvalue weighted by Crippen LogP contribution is -2.49. The molecule has 0 unspecified atom stereocenters. The van der Waals surface area contributed by atoms with Crippen LogP contribution in [0.1, 0.15) is 11.1 Å². The number of pyridine rings is 1. The number of amides is 1. The molecule has 0 bridgehead atoms. The van der Waals surface area contributed by atoms with E-state index in [1.165, 1.54) is 11.8 Å². The maximum atomic E-state index is 12.8. The van der Waals surface area contributed by atoms with Gasteiger partial charge in [0.1, 0.15) is 5.82 Å². The fourth-order valence-corrected chi connectivity index (χ4v) is 4.45. The molecule has 164 valence electrons. The number of H-pyrrole nitrogens is 1. The van der Waals surface area contributed by atoms with E-state index in [1.807, 2.05) is 25.1 Å². The number of benzene rings is 1. The van der Waals surface area contributed by atoms with Crippen LogP contribution in [0.5, 0.6) is 0 Å². The number of alkyl halides is 3. The SMILES string of the molecule is Cc1ccc2nc(SCC(=O)N3CCN(c4ncc(C(F)(F)F)cc4Cl)CC3)[nH]c2c1. The first-order valence-electron chi connectivity index (χ1n) is 9.55. The molecule has 3 aromatic rings. The summed E-state index contributed by atoms with van der Waals surface area (Å²) in [5.74, 6) is 0.527. The molecule has 4 rings (SSSR count). The Bertz CT molecular complexity index is 1110. The quantitative estimate of drug-likeness (QED) is 0.574. The van der Waals surface area contributed by atoms with E-state index in [0.717, 1.165) is 28.9 Å². The molecule has 6 nitrogen and oxygen atoms in total. The number of nitrogens with one attached hydrogen (secondary N) is 1. The van der Waals surface area contributed by atoms with Gasteiger partial charge in [0.25, 0.3) is 0 Å². The standard InChI is InChI=1S/C20H19ClF3N5OS/c1-12-2-3-15-16(8-12)27-19(26-15)31-11-17(30)28-4-6-29(7-5-28)18-14(21)9-13(10-25-18)20(22,23)24/h2-3,8-10H,4-7,11H2,1H3,(H,26,27). The van der Waals surface area contributed by atoms with Crippen LogP contribution in [0.15, 0.2) is 35.6 Å². The van der Waals surface area contributed by atoms with Crippen molar-refractivity contribution in [2.24, 2.45) is 0 Å².